The van der Waals surface area contributed by atoms with Gasteiger partial charge in [-0.3, -0.25) is 14.6 Å². The smallest absolute Gasteiger partial charge is 0.333 e. The highest BCUT2D eigenvalue weighted by atomic mass is 32.1. The molecule has 5 rings (SSSR count). The number of nitrogens with zero attached hydrogens (tertiary/aromatic N) is 3. The van der Waals surface area contributed by atoms with E-state index in [1.807, 2.05) is 11.4 Å². The number of methoxy groups -OCH3 is 1. The van der Waals surface area contributed by atoms with E-state index < -0.39 is 5.97 Å². The van der Waals surface area contributed by atoms with Crippen LogP contribution >= 0.6 is 11.3 Å². The SMILES string of the molecule is COCCOCC(=O)OCN1C(=O)CCc2ccc(CCN3CCN(c4cc(F)cc5sccc45)CC3)cc21. The van der Waals surface area contributed by atoms with Gasteiger partial charge in [-0.15, -0.1) is 11.3 Å². The van der Waals surface area contributed by atoms with Gasteiger partial charge in [-0.05, 0) is 53.6 Å². The molecule has 2 aliphatic heterocycles. The van der Waals surface area contributed by atoms with E-state index in [0.717, 1.165) is 71.7 Å². The number of fused-ring (bicyclic) bond motifs is 2. The predicted octanol–water partition coefficient (Wildman–Crippen LogP) is 3.85. The van der Waals surface area contributed by atoms with E-state index in [1.165, 1.54) is 0 Å². The van der Waals surface area contributed by atoms with Crippen LogP contribution in [0.5, 0.6) is 0 Å². The Morgan fingerprint density at radius 2 is 1.87 bits per heavy atom. The first-order valence-electron chi connectivity index (χ1n) is 13.3. The van der Waals surface area contributed by atoms with Gasteiger partial charge in [-0.25, -0.2) is 9.18 Å². The van der Waals surface area contributed by atoms with Crippen molar-refractivity contribution in [2.75, 3.05) is 76.2 Å². The van der Waals surface area contributed by atoms with Gasteiger partial charge in [0, 0.05) is 62.0 Å². The highest BCUT2D eigenvalue weighted by Crippen LogP contribution is 2.33. The molecule has 0 radical (unpaired) electrons. The third kappa shape index (κ3) is 6.75. The number of carbonyl (C=O) groups is 2. The summed E-state index contributed by atoms with van der Waals surface area (Å²) in [6, 6.07) is 11.6. The molecule has 0 atom stereocenters. The van der Waals surface area contributed by atoms with Gasteiger partial charge in [0.25, 0.3) is 0 Å². The number of carbonyl (C=O) groups excluding carboxylic acids is 2. The van der Waals surface area contributed by atoms with Crippen molar-refractivity contribution in [3.8, 4) is 0 Å². The lowest BCUT2D eigenvalue weighted by molar-refractivity contribution is -0.149. The molecule has 8 nitrogen and oxygen atoms in total. The largest absolute Gasteiger partial charge is 0.442 e. The lowest BCUT2D eigenvalue weighted by atomic mass is 9.98. The molecule has 0 aliphatic carbocycles. The highest BCUT2D eigenvalue weighted by Gasteiger charge is 2.26. The van der Waals surface area contributed by atoms with Gasteiger partial charge in [0.05, 0.1) is 18.9 Å². The number of hydrogen-bond acceptors (Lipinski definition) is 8. The Kier molecular flexibility index (Phi) is 9.08. The van der Waals surface area contributed by atoms with Crippen LogP contribution in [0.2, 0.25) is 0 Å². The standard InChI is InChI=1S/C29H34FN3O5S/c1-36-13-14-37-19-29(35)38-20-33-25-16-21(2-3-22(25)4-5-28(33)34)6-8-31-9-11-32(12-10-31)26-17-23(30)18-27-24(26)7-15-39-27/h2-3,7,15-18H,4-6,8-14,19-20H2,1H3. The molecular formula is C29H34FN3O5S. The summed E-state index contributed by atoms with van der Waals surface area (Å²) in [6.45, 7) is 4.80. The van der Waals surface area contributed by atoms with Gasteiger partial charge in [0.15, 0.2) is 6.73 Å². The van der Waals surface area contributed by atoms with E-state index in [-0.39, 0.29) is 25.1 Å². The molecule has 1 fully saturated rings. The second-order valence-electron chi connectivity index (χ2n) is 9.81. The summed E-state index contributed by atoms with van der Waals surface area (Å²) in [5.74, 6) is -0.757. The number of thiophene rings is 1. The second kappa shape index (κ2) is 12.9. The van der Waals surface area contributed by atoms with Crippen LogP contribution in [0.15, 0.2) is 41.8 Å². The van der Waals surface area contributed by atoms with Crippen LogP contribution in [-0.4, -0.2) is 83.2 Å². The first-order chi connectivity index (χ1) is 19.0. The molecule has 1 aromatic heterocycles. The number of esters is 1. The minimum absolute atomic E-state index is 0.0547. The summed E-state index contributed by atoms with van der Waals surface area (Å²) in [6.07, 6.45) is 1.91. The molecule has 0 unspecified atom stereocenters. The second-order valence-corrected chi connectivity index (χ2v) is 10.8. The lowest BCUT2D eigenvalue weighted by Gasteiger charge is -2.36. The number of piperazine rings is 1. The Morgan fingerprint density at radius 1 is 1.03 bits per heavy atom. The van der Waals surface area contributed by atoms with Crippen LogP contribution in [0.4, 0.5) is 15.8 Å². The lowest BCUT2D eigenvalue weighted by Crippen LogP contribution is -2.47. The van der Waals surface area contributed by atoms with Crippen LogP contribution in [-0.2, 0) is 36.6 Å². The third-order valence-corrected chi connectivity index (χ3v) is 8.16. The molecule has 0 spiro atoms. The molecule has 0 saturated carbocycles. The Bertz CT molecular complexity index is 1310. The monoisotopic (exact) mass is 555 g/mol. The van der Waals surface area contributed by atoms with Crippen molar-refractivity contribution >= 4 is 44.7 Å². The van der Waals surface area contributed by atoms with E-state index in [2.05, 4.69) is 28.0 Å². The fraction of sp³-hybridized carbons (Fsp3) is 0.448. The van der Waals surface area contributed by atoms with Crippen LogP contribution in [0.25, 0.3) is 10.1 Å². The normalized spacial score (nSPS) is 16.1. The maximum absolute atomic E-state index is 14.2. The fourth-order valence-electron chi connectivity index (χ4n) is 5.14. The molecule has 10 heteroatoms. The number of hydrogen-bond donors (Lipinski definition) is 0. The molecule has 2 aromatic carbocycles. The Labute approximate surface area is 231 Å². The molecule has 3 aromatic rings. The fourth-order valence-corrected chi connectivity index (χ4v) is 5.97. The number of halogens is 1. The quantitative estimate of drug-likeness (QED) is 0.263. The Balaban J connectivity index is 1.15. The third-order valence-electron chi connectivity index (χ3n) is 7.30. The minimum atomic E-state index is -0.515. The summed E-state index contributed by atoms with van der Waals surface area (Å²) < 4.78 is 30.6. The van der Waals surface area contributed by atoms with E-state index in [4.69, 9.17) is 14.2 Å². The van der Waals surface area contributed by atoms with E-state index >= 15 is 0 Å². The van der Waals surface area contributed by atoms with Gasteiger partial charge in [-0.1, -0.05) is 12.1 Å². The average Bonchev–Trinajstić information content (AvgIpc) is 3.42. The minimum Gasteiger partial charge on any atom is -0.442 e. The molecule has 3 heterocycles. The van der Waals surface area contributed by atoms with E-state index in [9.17, 15) is 14.0 Å². The molecule has 0 bridgehead atoms. The van der Waals surface area contributed by atoms with E-state index in [1.54, 1.807) is 35.5 Å². The number of ether oxygens (including phenoxy) is 3. The van der Waals surface area contributed by atoms with Crippen molar-refractivity contribution in [1.82, 2.24) is 4.90 Å². The van der Waals surface area contributed by atoms with Crippen molar-refractivity contribution in [2.24, 2.45) is 0 Å². The van der Waals surface area contributed by atoms with Crippen molar-refractivity contribution in [3.05, 3.63) is 58.7 Å². The summed E-state index contributed by atoms with van der Waals surface area (Å²) >= 11 is 1.57. The number of rotatable bonds is 11. The Hall–Kier alpha value is -3.05. The molecule has 0 N–H and O–H groups in total. The summed E-state index contributed by atoms with van der Waals surface area (Å²) in [5.41, 5.74) is 4.00. The predicted molar refractivity (Wildman–Crippen MR) is 150 cm³/mol. The van der Waals surface area contributed by atoms with Crippen LogP contribution in [0, 0.1) is 5.82 Å². The maximum Gasteiger partial charge on any atom is 0.333 e. The molecule has 1 saturated heterocycles. The van der Waals surface area contributed by atoms with Crippen molar-refractivity contribution in [3.63, 3.8) is 0 Å². The average molecular weight is 556 g/mol. The molecule has 2 aliphatic rings. The van der Waals surface area contributed by atoms with Gasteiger partial charge in [0.2, 0.25) is 5.91 Å². The molecular weight excluding hydrogens is 521 g/mol. The topological polar surface area (TPSA) is 71.5 Å². The first-order valence-corrected chi connectivity index (χ1v) is 14.2. The number of anilines is 2. The van der Waals surface area contributed by atoms with Crippen LogP contribution < -0.4 is 9.80 Å². The number of aryl methyl sites for hydroxylation is 1. The number of benzene rings is 2. The highest BCUT2D eigenvalue weighted by molar-refractivity contribution is 7.17. The first kappa shape index (κ1) is 27.5. The molecule has 208 valence electrons. The summed E-state index contributed by atoms with van der Waals surface area (Å²) in [5, 5.41) is 3.13. The van der Waals surface area contributed by atoms with Gasteiger partial charge in [0.1, 0.15) is 12.4 Å². The summed E-state index contributed by atoms with van der Waals surface area (Å²) in [7, 11) is 1.56. The zero-order chi connectivity index (χ0) is 27.2. The van der Waals surface area contributed by atoms with Gasteiger partial charge < -0.3 is 19.1 Å². The van der Waals surface area contributed by atoms with Gasteiger partial charge >= 0.3 is 5.97 Å². The van der Waals surface area contributed by atoms with Crippen LogP contribution in [0.1, 0.15) is 17.5 Å². The van der Waals surface area contributed by atoms with Crippen molar-refractivity contribution in [2.45, 2.75) is 19.3 Å². The zero-order valence-electron chi connectivity index (χ0n) is 22.2. The molecule has 1 amide bonds. The molecule has 39 heavy (non-hydrogen) atoms. The van der Waals surface area contributed by atoms with Gasteiger partial charge in [-0.2, -0.15) is 0 Å². The Morgan fingerprint density at radius 3 is 2.69 bits per heavy atom. The van der Waals surface area contributed by atoms with E-state index in [0.29, 0.717) is 26.1 Å². The zero-order valence-corrected chi connectivity index (χ0v) is 23.0. The van der Waals surface area contributed by atoms with Crippen molar-refractivity contribution < 1.29 is 28.2 Å². The maximum atomic E-state index is 14.2. The van der Waals surface area contributed by atoms with Crippen molar-refractivity contribution in [1.29, 1.82) is 0 Å². The number of amides is 1. The summed E-state index contributed by atoms with van der Waals surface area (Å²) in [4.78, 5) is 31.0. The van der Waals surface area contributed by atoms with Crippen LogP contribution in [0.3, 0.4) is 0 Å².